The fourth-order valence-electron chi connectivity index (χ4n) is 1.22. The Hall–Kier alpha value is -2.53. The number of nitrogens with zero attached hydrogens (tertiary/aromatic N) is 2. The van der Waals surface area contributed by atoms with Gasteiger partial charge in [0.05, 0.1) is 17.0 Å². The van der Waals surface area contributed by atoms with Crippen molar-refractivity contribution in [1.82, 2.24) is 0 Å². The summed E-state index contributed by atoms with van der Waals surface area (Å²) in [6.45, 7) is 2.11. The molecular weight excluding hydrogens is 216 g/mol. The number of carbonyl (C=O) groups is 1. The quantitative estimate of drug-likeness (QED) is 0.801. The maximum Gasteiger partial charge on any atom is 0.222 e. The maximum absolute atomic E-state index is 10.8. The van der Waals surface area contributed by atoms with Crippen molar-refractivity contribution >= 4 is 11.6 Å². The van der Waals surface area contributed by atoms with Crippen LogP contribution < -0.4 is 11.1 Å². The van der Waals surface area contributed by atoms with Crippen LogP contribution in [0, 0.1) is 28.6 Å². The maximum atomic E-state index is 10.8. The Morgan fingerprint density at radius 1 is 1.41 bits per heavy atom. The number of rotatable bonds is 4. The molecule has 1 aromatic carbocycles. The van der Waals surface area contributed by atoms with Gasteiger partial charge in [-0.1, -0.05) is 6.92 Å². The molecule has 0 saturated heterocycles. The minimum atomic E-state index is -0.383. The summed E-state index contributed by atoms with van der Waals surface area (Å²) in [6, 6.07) is 8.70. The SMILES string of the molecule is CC(CNc1ccc(C#N)c(C#N)c1)C(N)=O. The summed E-state index contributed by atoms with van der Waals surface area (Å²) in [7, 11) is 0. The third-order valence-electron chi connectivity index (χ3n) is 2.36. The van der Waals surface area contributed by atoms with E-state index in [0.29, 0.717) is 23.4 Å². The van der Waals surface area contributed by atoms with Crippen molar-refractivity contribution in [1.29, 1.82) is 10.5 Å². The molecule has 3 N–H and O–H groups in total. The molecule has 0 spiro atoms. The molecule has 0 aliphatic rings. The van der Waals surface area contributed by atoms with Gasteiger partial charge in [0.2, 0.25) is 5.91 Å². The standard InChI is InChI=1S/C12H12N4O/c1-8(12(15)17)7-16-11-3-2-9(5-13)10(4-11)6-14/h2-4,8,16H,7H2,1H3,(H2,15,17). The summed E-state index contributed by atoms with van der Waals surface area (Å²) in [5.41, 5.74) is 6.46. The Bertz CT molecular complexity index is 510. The van der Waals surface area contributed by atoms with Crippen LogP contribution in [0.25, 0.3) is 0 Å². The topological polar surface area (TPSA) is 103 Å². The lowest BCUT2D eigenvalue weighted by Gasteiger charge is -2.10. The number of hydrogen-bond acceptors (Lipinski definition) is 4. The fraction of sp³-hybridized carbons (Fsp3) is 0.250. The minimum Gasteiger partial charge on any atom is -0.384 e. The van der Waals surface area contributed by atoms with Crippen molar-refractivity contribution in [2.75, 3.05) is 11.9 Å². The predicted octanol–water partition coefficient (Wildman–Crippen LogP) is 0.963. The highest BCUT2D eigenvalue weighted by atomic mass is 16.1. The Labute approximate surface area is 99.5 Å². The van der Waals surface area contributed by atoms with Crippen molar-refractivity contribution in [3.05, 3.63) is 29.3 Å². The van der Waals surface area contributed by atoms with Crippen LogP contribution in [0.1, 0.15) is 18.1 Å². The van der Waals surface area contributed by atoms with Gasteiger partial charge in [0.15, 0.2) is 0 Å². The van der Waals surface area contributed by atoms with Crippen LogP contribution in [0.5, 0.6) is 0 Å². The number of hydrogen-bond donors (Lipinski definition) is 2. The van der Waals surface area contributed by atoms with E-state index in [1.807, 2.05) is 12.1 Å². The van der Waals surface area contributed by atoms with Gasteiger partial charge in [0, 0.05) is 12.2 Å². The molecule has 0 fully saturated rings. The lowest BCUT2D eigenvalue weighted by atomic mass is 10.1. The number of primary amides is 1. The van der Waals surface area contributed by atoms with Crippen LogP contribution in [-0.2, 0) is 4.79 Å². The third-order valence-corrected chi connectivity index (χ3v) is 2.36. The number of carbonyl (C=O) groups excluding carboxylic acids is 1. The molecule has 0 radical (unpaired) electrons. The third kappa shape index (κ3) is 3.22. The predicted molar refractivity (Wildman–Crippen MR) is 62.7 cm³/mol. The van der Waals surface area contributed by atoms with Gasteiger partial charge in [-0.25, -0.2) is 0 Å². The highest BCUT2D eigenvalue weighted by molar-refractivity contribution is 5.76. The van der Waals surface area contributed by atoms with Crippen molar-refractivity contribution in [2.24, 2.45) is 11.7 Å². The summed E-state index contributed by atoms with van der Waals surface area (Å²) in [5, 5.41) is 20.6. The monoisotopic (exact) mass is 228 g/mol. The van der Waals surface area contributed by atoms with E-state index >= 15 is 0 Å². The smallest absolute Gasteiger partial charge is 0.222 e. The molecule has 1 amide bonds. The first-order valence-corrected chi connectivity index (χ1v) is 5.06. The summed E-state index contributed by atoms with van der Waals surface area (Å²) in [4.78, 5) is 10.8. The van der Waals surface area contributed by atoms with Crippen LogP contribution in [-0.4, -0.2) is 12.5 Å². The second-order valence-corrected chi connectivity index (χ2v) is 3.67. The van der Waals surface area contributed by atoms with Crippen LogP contribution in [0.2, 0.25) is 0 Å². The first kappa shape index (κ1) is 12.5. The molecule has 86 valence electrons. The fourth-order valence-corrected chi connectivity index (χ4v) is 1.22. The summed E-state index contributed by atoms with van der Waals surface area (Å²) in [6.07, 6.45) is 0. The second-order valence-electron chi connectivity index (χ2n) is 3.67. The molecule has 0 aromatic heterocycles. The van der Waals surface area contributed by atoms with Crippen LogP contribution in [0.4, 0.5) is 5.69 Å². The van der Waals surface area contributed by atoms with Gasteiger partial charge in [-0.05, 0) is 18.2 Å². The molecule has 0 saturated carbocycles. The van der Waals surface area contributed by atoms with Gasteiger partial charge in [-0.2, -0.15) is 10.5 Å². The molecule has 1 rings (SSSR count). The molecule has 5 heteroatoms. The first-order chi connectivity index (χ1) is 8.08. The zero-order valence-electron chi connectivity index (χ0n) is 9.40. The number of anilines is 1. The largest absolute Gasteiger partial charge is 0.384 e. The van der Waals surface area contributed by atoms with E-state index in [4.69, 9.17) is 16.3 Å². The Kier molecular flexibility index (Phi) is 4.08. The molecule has 0 aliphatic heterocycles. The Morgan fingerprint density at radius 3 is 2.59 bits per heavy atom. The molecule has 17 heavy (non-hydrogen) atoms. The van der Waals surface area contributed by atoms with Crippen molar-refractivity contribution in [2.45, 2.75) is 6.92 Å². The Morgan fingerprint density at radius 2 is 2.06 bits per heavy atom. The summed E-state index contributed by atoms with van der Waals surface area (Å²) in [5.74, 6) is -0.678. The van der Waals surface area contributed by atoms with Crippen molar-refractivity contribution in [3.63, 3.8) is 0 Å². The lowest BCUT2D eigenvalue weighted by Crippen LogP contribution is -2.26. The van der Waals surface area contributed by atoms with Gasteiger partial charge < -0.3 is 11.1 Å². The van der Waals surface area contributed by atoms with Crippen molar-refractivity contribution < 1.29 is 4.79 Å². The van der Waals surface area contributed by atoms with Gasteiger partial charge in [-0.15, -0.1) is 0 Å². The van der Waals surface area contributed by atoms with E-state index in [0.717, 1.165) is 0 Å². The number of amides is 1. The number of nitrogens with one attached hydrogen (secondary N) is 1. The molecular formula is C12H12N4O. The van der Waals surface area contributed by atoms with E-state index < -0.39 is 0 Å². The average Bonchev–Trinajstić information content (AvgIpc) is 2.35. The molecule has 1 atom stereocenters. The number of nitrogens with two attached hydrogens (primary N) is 1. The molecule has 0 bridgehead atoms. The van der Waals surface area contributed by atoms with Crippen molar-refractivity contribution in [3.8, 4) is 12.1 Å². The highest BCUT2D eigenvalue weighted by Gasteiger charge is 2.08. The van der Waals surface area contributed by atoms with Gasteiger partial charge >= 0.3 is 0 Å². The molecule has 0 heterocycles. The molecule has 0 aliphatic carbocycles. The van der Waals surface area contributed by atoms with Gasteiger partial charge in [-0.3, -0.25) is 4.79 Å². The molecule has 1 aromatic rings. The number of nitriles is 2. The summed E-state index contributed by atoms with van der Waals surface area (Å²) < 4.78 is 0. The molecule has 5 nitrogen and oxygen atoms in total. The zero-order valence-corrected chi connectivity index (χ0v) is 9.40. The second kappa shape index (κ2) is 5.53. The zero-order chi connectivity index (χ0) is 12.8. The lowest BCUT2D eigenvalue weighted by molar-refractivity contribution is -0.120. The van der Waals surface area contributed by atoms with E-state index in [9.17, 15) is 4.79 Å². The first-order valence-electron chi connectivity index (χ1n) is 5.06. The summed E-state index contributed by atoms with van der Waals surface area (Å²) >= 11 is 0. The minimum absolute atomic E-state index is 0.295. The molecule has 1 unspecified atom stereocenters. The highest BCUT2D eigenvalue weighted by Crippen LogP contribution is 2.14. The van der Waals surface area contributed by atoms with E-state index in [2.05, 4.69) is 5.32 Å². The van der Waals surface area contributed by atoms with E-state index in [1.54, 1.807) is 25.1 Å². The van der Waals surface area contributed by atoms with E-state index in [-0.39, 0.29) is 11.8 Å². The van der Waals surface area contributed by atoms with E-state index in [1.165, 1.54) is 0 Å². The normalized spacial score (nSPS) is 11.0. The van der Waals surface area contributed by atoms with Crippen LogP contribution in [0.3, 0.4) is 0 Å². The average molecular weight is 228 g/mol. The van der Waals surface area contributed by atoms with Crippen LogP contribution >= 0.6 is 0 Å². The number of benzene rings is 1. The Balaban J connectivity index is 2.78. The van der Waals surface area contributed by atoms with Gasteiger partial charge in [0.25, 0.3) is 0 Å². The van der Waals surface area contributed by atoms with Crippen LogP contribution in [0.15, 0.2) is 18.2 Å². The van der Waals surface area contributed by atoms with Gasteiger partial charge in [0.1, 0.15) is 12.1 Å².